The van der Waals surface area contributed by atoms with Gasteiger partial charge in [-0.25, -0.2) is 9.97 Å². The van der Waals surface area contributed by atoms with E-state index in [4.69, 9.17) is 16.3 Å². The molecule has 0 radical (unpaired) electrons. The number of hydrogen-bond donors (Lipinski definition) is 0. The molecule has 29 heavy (non-hydrogen) atoms. The van der Waals surface area contributed by atoms with Crippen LogP contribution in [0.25, 0.3) is 11.3 Å². The van der Waals surface area contributed by atoms with Gasteiger partial charge in [-0.1, -0.05) is 6.07 Å². The van der Waals surface area contributed by atoms with E-state index in [0.29, 0.717) is 25.4 Å². The van der Waals surface area contributed by atoms with Crippen LogP contribution in [0.4, 0.5) is 0 Å². The Morgan fingerprint density at radius 2 is 2.10 bits per heavy atom. The third-order valence-corrected chi connectivity index (χ3v) is 5.26. The fourth-order valence-corrected chi connectivity index (χ4v) is 3.85. The summed E-state index contributed by atoms with van der Waals surface area (Å²) in [5, 5.41) is 0.186. The highest BCUT2D eigenvalue weighted by Gasteiger charge is 2.33. The van der Waals surface area contributed by atoms with E-state index in [2.05, 4.69) is 15.0 Å². The number of aromatic nitrogens is 4. The smallest absolute Gasteiger partial charge is 0.271 e. The van der Waals surface area contributed by atoms with E-state index in [0.717, 1.165) is 28.2 Å². The normalized spacial score (nSPS) is 16.2. The largest absolute Gasteiger partial charge is 0.382 e. The van der Waals surface area contributed by atoms with Gasteiger partial charge >= 0.3 is 0 Å². The molecule has 1 unspecified atom stereocenters. The summed E-state index contributed by atoms with van der Waals surface area (Å²) in [4.78, 5) is 28.1. The van der Waals surface area contributed by atoms with Crippen LogP contribution in [0.3, 0.4) is 0 Å². The van der Waals surface area contributed by atoms with E-state index in [1.54, 1.807) is 13.3 Å². The summed E-state index contributed by atoms with van der Waals surface area (Å²) in [5.41, 5.74) is 4.89. The average molecular weight is 412 g/mol. The molecule has 0 N–H and O–H groups in total. The van der Waals surface area contributed by atoms with Gasteiger partial charge in [0, 0.05) is 37.3 Å². The third kappa shape index (κ3) is 3.88. The summed E-state index contributed by atoms with van der Waals surface area (Å²) in [5.74, 6) is -0.0503. The van der Waals surface area contributed by atoms with Crippen LogP contribution in [0.5, 0.6) is 0 Å². The van der Waals surface area contributed by atoms with E-state index in [-0.39, 0.29) is 17.2 Å². The number of methoxy groups -OCH3 is 1. The Labute approximate surface area is 174 Å². The van der Waals surface area contributed by atoms with Crippen molar-refractivity contribution in [1.82, 2.24) is 24.4 Å². The quantitative estimate of drug-likeness (QED) is 0.602. The molecule has 3 aromatic rings. The molecule has 8 heteroatoms. The van der Waals surface area contributed by atoms with E-state index in [9.17, 15) is 4.79 Å². The van der Waals surface area contributed by atoms with Crippen LogP contribution in [0.15, 0.2) is 36.7 Å². The highest BCUT2D eigenvalue weighted by molar-refractivity contribution is 6.28. The minimum Gasteiger partial charge on any atom is -0.382 e. The first-order valence-corrected chi connectivity index (χ1v) is 9.76. The number of pyridine rings is 1. The molecular formula is C21H22ClN5O2. The monoisotopic (exact) mass is 411 g/mol. The molecule has 1 amide bonds. The lowest BCUT2D eigenvalue weighted by molar-refractivity contribution is 0.0384. The Kier molecular flexibility index (Phi) is 5.34. The van der Waals surface area contributed by atoms with Crippen molar-refractivity contribution in [2.75, 3.05) is 13.7 Å². The number of nitrogens with zero attached hydrogens (tertiary/aromatic N) is 5. The maximum absolute atomic E-state index is 13.4. The molecule has 0 aromatic carbocycles. The number of carbonyl (C=O) groups is 1. The summed E-state index contributed by atoms with van der Waals surface area (Å²) in [6.45, 7) is 5.39. The molecule has 4 rings (SSSR count). The number of fused-ring (bicyclic) bond motifs is 1. The fraction of sp³-hybridized carbons (Fsp3) is 0.333. The molecule has 0 spiro atoms. The van der Waals surface area contributed by atoms with Crippen LogP contribution in [0.2, 0.25) is 5.28 Å². The van der Waals surface area contributed by atoms with Crippen LogP contribution in [-0.4, -0.2) is 50.1 Å². The number of amides is 1. The van der Waals surface area contributed by atoms with Crippen molar-refractivity contribution in [3.8, 4) is 11.3 Å². The lowest BCUT2D eigenvalue weighted by atomic mass is 10.1. The molecule has 0 aliphatic carbocycles. The Balaban J connectivity index is 1.70. The fourth-order valence-electron chi connectivity index (χ4n) is 3.72. The minimum absolute atomic E-state index is 0.0503. The Morgan fingerprint density at radius 3 is 2.86 bits per heavy atom. The lowest BCUT2D eigenvalue weighted by Gasteiger charge is -2.36. The summed E-state index contributed by atoms with van der Waals surface area (Å²) in [7, 11) is 1.65. The predicted molar refractivity (Wildman–Crippen MR) is 110 cm³/mol. The van der Waals surface area contributed by atoms with Gasteiger partial charge < -0.3 is 14.2 Å². The highest BCUT2D eigenvalue weighted by atomic mass is 35.5. The van der Waals surface area contributed by atoms with Crippen molar-refractivity contribution >= 4 is 17.5 Å². The molecule has 0 bridgehead atoms. The molecule has 150 valence electrons. The number of hydrogen-bond acceptors (Lipinski definition) is 5. The van der Waals surface area contributed by atoms with E-state index in [1.165, 1.54) is 0 Å². The zero-order chi connectivity index (χ0) is 20.5. The predicted octanol–water partition coefficient (Wildman–Crippen LogP) is 3.28. The Bertz CT molecular complexity index is 1060. The van der Waals surface area contributed by atoms with Crippen molar-refractivity contribution in [2.24, 2.45) is 0 Å². The Hall–Kier alpha value is -2.77. The van der Waals surface area contributed by atoms with E-state index in [1.807, 2.05) is 53.8 Å². The van der Waals surface area contributed by atoms with Gasteiger partial charge in [-0.2, -0.15) is 0 Å². The van der Waals surface area contributed by atoms with E-state index < -0.39 is 0 Å². The van der Waals surface area contributed by atoms with Gasteiger partial charge in [0.2, 0.25) is 5.28 Å². The molecule has 7 nitrogen and oxygen atoms in total. The van der Waals surface area contributed by atoms with Crippen molar-refractivity contribution in [3.63, 3.8) is 0 Å². The number of halogens is 1. The van der Waals surface area contributed by atoms with Crippen molar-refractivity contribution < 1.29 is 9.53 Å². The molecule has 0 saturated heterocycles. The molecule has 3 aromatic heterocycles. The average Bonchev–Trinajstić information content (AvgIpc) is 3.11. The SMILES string of the molecule is COCC1Cn2cc(-c3nc(Cl)ncc3C)cc2C(=O)N1Cc1cccc(C)n1. The zero-order valence-corrected chi connectivity index (χ0v) is 17.3. The van der Waals surface area contributed by atoms with Crippen molar-refractivity contribution in [2.45, 2.75) is 33.0 Å². The van der Waals surface area contributed by atoms with Gasteiger partial charge in [0.15, 0.2) is 0 Å². The summed E-state index contributed by atoms with van der Waals surface area (Å²) in [6.07, 6.45) is 3.64. The van der Waals surface area contributed by atoms with Crippen molar-refractivity contribution in [1.29, 1.82) is 0 Å². The van der Waals surface area contributed by atoms with Gasteiger partial charge in [0.05, 0.1) is 30.6 Å². The van der Waals surface area contributed by atoms with Gasteiger partial charge in [0.25, 0.3) is 5.91 Å². The zero-order valence-electron chi connectivity index (χ0n) is 16.6. The number of ether oxygens (including phenoxy) is 1. The molecule has 1 atom stereocenters. The first-order chi connectivity index (χ1) is 14.0. The maximum atomic E-state index is 13.4. The van der Waals surface area contributed by atoms with Crippen molar-refractivity contribution in [3.05, 3.63) is 64.6 Å². The second-order valence-electron chi connectivity index (χ2n) is 7.25. The number of aryl methyl sites for hydroxylation is 2. The number of rotatable bonds is 5. The van der Waals surface area contributed by atoms with Crippen LogP contribution in [0.1, 0.15) is 27.4 Å². The van der Waals surface area contributed by atoms with Gasteiger partial charge in [-0.15, -0.1) is 0 Å². The van der Waals surface area contributed by atoms with Gasteiger partial charge in [0.1, 0.15) is 5.69 Å². The van der Waals surface area contributed by atoms with Crippen LogP contribution in [-0.2, 0) is 17.8 Å². The van der Waals surface area contributed by atoms with Crippen LogP contribution >= 0.6 is 11.6 Å². The topological polar surface area (TPSA) is 73.1 Å². The molecule has 0 saturated carbocycles. The lowest BCUT2D eigenvalue weighted by Crippen LogP contribution is -2.49. The molecular weight excluding hydrogens is 390 g/mol. The summed E-state index contributed by atoms with van der Waals surface area (Å²) < 4.78 is 7.37. The van der Waals surface area contributed by atoms with Gasteiger partial charge in [-0.05, 0) is 49.2 Å². The van der Waals surface area contributed by atoms with Crippen LogP contribution < -0.4 is 0 Å². The van der Waals surface area contributed by atoms with Crippen LogP contribution in [0, 0.1) is 13.8 Å². The third-order valence-electron chi connectivity index (χ3n) is 5.08. The summed E-state index contributed by atoms with van der Waals surface area (Å²) in [6, 6.07) is 7.63. The first-order valence-electron chi connectivity index (χ1n) is 9.38. The molecule has 1 aliphatic heterocycles. The van der Waals surface area contributed by atoms with E-state index >= 15 is 0 Å². The summed E-state index contributed by atoms with van der Waals surface area (Å²) >= 11 is 5.99. The molecule has 0 fully saturated rings. The first kappa shape index (κ1) is 19.5. The maximum Gasteiger partial charge on any atom is 0.271 e. The highest BCUT2D eigenvalue weighted by Crippen LogP contribution is 2.29. The number of carbonyl (C=O) groups excluding carboxylic acids is 1. The second-order valence-corrected chi connectivity index (χ2v) is 7.59. The van der Waals surface area contributed by atoms with Gasteiger partial charge in [-0.3, -0.25) is 9.78 Å². The minimum atomic E-state index is -0.0855. The molecule has 1 aliphatic rings. The Morgan fingerprint density at radius 1 is 1.28 bits per heavy atom. The molecule has 4 heterocycles. The second kappa shape index (κ2) is 7.93. The standard InChI is InChI=1S/C21H22ClN5O2/c1-13-8-23-21(22)25-19(13)15-7-18-20(28)27(10-16-6-4-5-14(2)24-16)17(12-29-3)11-26(18)9-15/h4-9,17H,10-12H2,1-3H3.